The van der Waals surface area contributed by atoms with Crippen molar-refractivity contribution >= 4 is 6.29 Å². The van der Waals surface area contributed by atoms with E-state index < -0.39 is 0 Å². The maximum absolute atomic E-state index is 9.78. The average Bonchev–Trinajstić information content (AvgIpc) is 2.14. The van der Waals surface area contributed by atoms with Crippen molar-refractivity contribution in [3.63, 3.8) is 0 Å². The van der Waals surface area contributed by atoms with Crippen molar-refractivity contribution in [2.75, 3.05) is 0 Å². The predicted molar refractivity (Wildman–Crippen MR) is 30.3 cm³/mol. The summed E-state index contributed by atoms with van der Waals surface area (Å²) < 4.78 is 0. The second kappa shape index (κ2) is 3.74. The fraction of sp³-hybridized carbons (Fsp3) is 0.167. The van der Waals surface area contributed by atoms with E-state index in [0.717, 1.165) is 0 Å². The fourth-order valence-corrected chi connectivity index (χ4v) is 0.510. The second-order valence-corrected chi connectivity index (χ2v) is 1.41. The molecule has 0 aliphatic heterocycles. The summed E-state index contributed by atoms with van der Waals surface area (Å²) >= 11 is 0. The van der Waals surface area contributed by atoms with E-state index in [1.165, 1.54) is 0 Å². The molecule has 1 aliphatic carbocycles. The topological polar surface area (TPSA) is 17.1 Å². The van der Waals surface area contributed by atoms with E-state index in [4.69, 9.17) is 0 Å². The van der Waals surface area contributed by atoms with Crippen LogP contribution in [0.4, 0.5) is 0 Å². The van der Waals surface area contributed by atoms with Crippen molar-refractivity contribution in [2.45, 2.75) is 0 Å². The maximum atomic E-state index is 9.78. The molecular formula is C6H7ORu-. The molecule has 0 unspecified atom stereocenters. The van der Waals surface area contributed by atoms with Gasteiger partial charge in [0.2, 0.25) is 0 Å². The van der Waals surface area contributed by atoms with Crippen LogP contribution in [-0.2, 0) is 24.3 Å². The van der Waals surface area contributed by atoms with Gasteiger partial charge in [-0.15, -0.1) is 18.1 Å². The SMILES string of the molecule is O=[C-]C1C=CC=C1.[RuH2]. The molecule has 0 atom stereocenters. The zero-order chi connectivity index (χ0) is 5.11. The molecule has 0 spiro atoms. The van der Waals surface area contributed by atoms with Gasteiger partial charge in [0.1, 0.15) is 0 Å². The first-order valence-electron chi connectivity index (χ1n) is 2.16. The average molecular weight is 196 g/mol. The molecule has 0 aromatic carbocycles. The van der Waals surface area contributed by atoms with Gasteiger partial charge in [-0.2, -0.15) is 0 Å². The summed E-state index contributed by atoms with van der Waals surface area (Å²) in [6, 6.07) is 0. The van der Waals surface area contributed by atoms with E-state index in [1.807, 2.05) is 18.4 Å². The molecule has 0 amide bonds. The predicted octanol–water partition coefficient (Wildman–Crippen LogP) is 0.300. The molecule has 0 heterocycles. The molecule has 0 aromatic rings. The first-order chi connectivity index (χ1) is 3.43. The van der Waals surface area contributed by atoms with Crippen LogP contribution < -0.4 is 0 Å². The van der Waals surface area contributed by atoms with Crippen molar-refractivity contribution in [3.8, 4) is 0 Å². The first-order valence-corrected chi connectivity index (χ1v) is 2.16. The third kappa shape index (κ3) is 1.71. The van der Waals surface area contributed by atoms with Gasteiger partial charge in [0.05, 0.1) is 0 Å². The standard InChI is InChI=1S/C6H5O.Ru.2H/c7-5-6-3-1-2-4-6;;;/h1-4,6H;;;/q-1;;;. The second-order valence-electron chi connectivity index (χ2n) is 1.41. The Labute approximate surface area is 61.2 Å². The van der Waals surface area contributed by atoms with E-state index in [2.05, 4.69) is 0 Å². The van der Waals surface area contributed by atoms with E-state index in [0.29, 0.717) is 0 Å². The number of carbonyl (C=O) groups excluding carboxylic acids is 1. The van der Waals surface area contributed by atoms with Crippen LogP contribution in [0.3, 0.4) is 0 Å². The normalized spacial score (nSPS) is 16.0. The summed E-state index contributed by atoms with van der Waals surface area (Å²) in [6.07, 6.45) is 9.12. The summed E-state index contributed by atoms with van der Waals surface area (Å²) in [4.78, 5) is 9.78. The first kappa shape index (κ1) is 7.77. The monoisotopic (exact) mass is 197 g/mol. The summed E-state index contributed by atoms with van der Waals surface area (Å²) in [6.45, 7) is 0. The van der Waals surface area contributed by atoms with Crippen LogP contribution in [0, 0.1) is 5.92 Å². The Morgan fingerprint density at radius 2 is 1.75 bits per heavy atom. The van der Waals surface area contributed by atoms with E-state index in [9.17, 15) is 4.79 Å². The van der Waals surface area contributed by atoms with E-state index in [-0.39, 0.29) is 25.4 Å². The minimum absolute atomic E-state index is 0. The number of hydrogen-bond acceptors (Lipinski definition) is 1. The quantitative estimate of drug-likeness (QED) is 0.435. The molecule has 1 rings (SSSR count). The Bertz CT molecular complexity index is 114. The zero-order valence-electron chi connectivity index (χ0n) is 4.20. The van der Waals surface area contributed by atoms with Gasteiger partial charge in [-0.3, -0.25) is 6.29 Å². The zero-order valence-corrected chi connectivity index (χ0v) is 6.21. The molecule has 0 N–H and O–H groups in total. The molecular weight excluding hydrogens is 189 g/mol. The van der Waals surface area contributed by atoms with E-state index >= 15 is 0 Å². The van der Waals surface area contributed by atoms with Gasteiger partial charge < -0.3 is 4.79 Å². The summed E-state index contributed by atoms with van der Waals surface area (Å²) in [5.41, 5.74) is 0. The van der Waals surface area contributed by atoms with Crippen LogP contribution in [0.5, 0.6) is 0 Å². The molecule has 1 aliphatic rings. The Morgan fingerprint density at radius 3 is 2.00 bits per heavy atom. The van der Waals surface area contributed by atoms with Crippen molar-refractivity contribution in [2.24, 2.45) is 5.92 Å². The van der Waals surface area contributed by atoms with Gasteiger partial charge in [-0.05, 0) is 0 Å². The Hall–Kier alpha value is -0.227. The van der Waals surface area contributed by atoms with Crippen LogP contribution in [0.15, 0.2) is 24.3 Å². The molecule has 0 aromatic heterocycles. The molecule has 0 saturated carbocycles. The Kier molecular flexibility index (Phi) is 3.63. The van der Waals surface area contributed by atoms with Crippen LogP contribution >= 0.6 is 0 Å². The van der Waals surface area contributed by atoms with Crippen molar-refractivity contribution < 1.29 is 24.3 Å². The van der Waals surface area contributed by atoms with Gasteiger partial charge >= 0.3 is 19.5 Å². The molecule has 8 heavy (non-hydrogen) atoms. The Morgan fingerprint density at radius 1 is 1.25 bits per heavy atom. The summed E-state index contributed by atoms with van der Waals surface area (Å²) in [5, 5.41) is 0. The minimum atomic E-state index is -0.0694. The number of hydrogen-bond donors (Lipinski definition) is 0. The molecule has 2 heteroatoms. The number of allylic oxidation sites excluding steroid dienone is 4. The summed E-state index contributed by atoms with van der Waals surface area (Å²) in [5.74, 6) is -0.0694. The molecule has 0 radical (unpaired) electrons. The van der Waals surface area contributed by atoms with Crippen LogP contribution in [-0.4, -0.2) is 6.29 Å². The third-order valence-electron chi connectivity index (χ3n) is 0.884. The van der Waals surface area contributed by atoms with Gasteiger partial charge in [-0.25, -0.2) is 0 Å². The van der Waals surface area contributed by atoms with Gasteiger partial charge in [0, 0.05) is 0 Å². The Balaban J connectivity index is 0.000000490. The van der Waals surface area contributed by atoms with Crippen LogP contribution in [0.2, 0.25) is 0 Å². The van der Waals surface area contributed by atoms with E-state index in [1.54, 1.807) is 12.2 Å². The van der Waals surface area contributed by atoms with Crippen molar-refractivity contribution in [1.82, 2.24) is 0 Å². The van der Waals surface area contributed by atoms with Crippen LogP contribution in [0.25, 0.3) is 0 Å². The third-order valence-corrected chi connectivity index (χ3v) is 0.884. The summed E-state index contributed by atoms with van der Waals surface area (Å²) in [7, 11) is 0. The van der Waals surface area contributed by atoms with Crippen LogP contribution in [0.1, 0.15) is 0 Å². The van der Waals surface area contributed by atoms with Gasteiger partial charge in [-0.1, -0.05) is 12.2 Å². The number of rotatable bonds is 1. The molecule has 0 saturated heterocycles. The van der Waals surface area contributed by atoms with Gasteiger partial charge in [0.25, 0.3) is 0 Å². The molecule has 46 valence electrons. The van der Waals surface area contributed by atoms with Crippen molar-refractivity contribution in [1.29, 1.82) is 0 Å². The van der Waals surface area contributed by atoms with Crippen molar-refractivity contribution in [3.05, 3.63) is 24.3 Å². The molecule has 0 fully saturated rings. The van der Waals surface area contributed by atoms with Gasteiger partial charge in [0.15, 0.2) is 0 Å². The molecule has 1 nitrogen and oxygen atoms in total. The molecule has 0 bridgehead atoms. The fourth-order valence-electron chi connectivity index (χ4n) is 0.510.